The van der Waals surface area contributed by atoms with Crippen molar-refractivity contribution in [2.45, 2.75) is 56.9 Å². The fourth-order valence-corrected chi connectivity index (χ4v) is 4.13. The van der Waals surface area contributed by atoms with Gasteiger partial charge in [0.1, 0.15) is 0 Å². The summed E-state index contributed by atoms with van der Waals surface area (Å²) in [6.45, 7) is 9.79. The molecule has 0 spiro atoms. The lowest BCUT2D eigenvalue weighted by molar-refractivity contribution is 0.428. The first-order valence-electron chi connectivity index (χ1n) is 7.54. The van der Waals surface area contributed by atoms with E-state index in [0.29, 0.717) is 11.4 Å². The lowest BCUT2D eigenvalue weighted by Crippen LogP contribution is -2.45. The zero-order valence-corrected chi connectivity index (χ0v) is 14.2. The minimum Gasteiger partial charge on any atom is -0.315 e. The van der Waals surface area contributed by atoms with Gasteiger partial charge in [-0.15, -0.1) is 0 Å². The molecule has 21 heavy (non-hydrogen) atoms. The largest absolute Gasteiger partial charge is 0.315 e. The van der Waals surface area contributed by atoms with Gasteiger partial charge in [-0.2, -0.15) is 0 Å². The molecule has 1 aromatic rings. The summed E-state index contributed by atoms with van der Waals surface area (Å²) in [5.74, 6) is 0. The average molecular weight is 310 g/mol. The van der Waals surface area contributed by atoms with Crippen LogP contribution in [-0.2, 0) is 15.4 Å². The fraction of sp³-hybridized carbons (Fsp3) is 0.625. The van der Waals surface area contributed by atoms with Crippen molar-refractivity contribution < 1.29 is 8.42 Å². The van der Waals surface area contributed by atoms with Crippen LogP contribution in [-0.4, -0.2) is 27.5 Å². The predicted molar refractivity (Wildman–Crippen MR) is 86.1 cm³/mol. The maximum Gasteiger partial charge on any atom is 0.241 e. The van der Waals surface area contributed by atoms with Crippen LogP contribution in [0.2, 0.25) is 0 Å². The third-order valence-electron chi connectivity index (χ3n) is 3.96. The molecule has 1 aliphatic rings. The van der Waals surface area contributed by atoms with E-state index < -0.39 is 10.0 Å². The summed E-state index contributed by atoms with van der Waals surface area (Å²) in [5.41, 5.74) is 1.76. The molecule has 1 aliphatic heterocycles. The summed E-state index contributed by atoms with van der Waals surface area (Å²) in [7, 11) is -3.46. The van der Waals surface area contributed by atoms with Crippen LogP contribution in [0.3, 0.4) is 0 Å². The Kier molecular flexibility index (Phi) is 4.76. The van der Waals surface area contributed by atoms with E-state index in [-0.39, 0.29) is 11.5 Å². The van der Waals surface area contributed by atoms with Crippen molar-refractivity contribution in [3.05, 3.63) is 29.3 Å². The zero-order chi connectivity index (χ0) is 15.7. The van der Waals surface area contributed by atoms with Gasteiger partial charge in [-0.3, -0.25) is 0 Å². The molecule has 118 valence electrons. The molecule has 0 aromatic heterocycles. The molecule has 0 aliphatic carbocycles. The van der Waals surface area contributed by atoms with Crippen LogP contribution in [0.4, 0.5) is 0 Å². The molecular weight excluding hydrogens is 284 g/mol. The number of rotatable bonds is 3. The Hall–Kier alpha value is -0.910. The number of hydrogen-bond acceptors (Lipinski definition) is 3. The topological polar surface area (TPSA) is 58.2 Å². The summed E-state index contributed by atoms with van der Waals surface area (Å²) in [6.07, 6.45) is 1.90. The maximum atomic E-state index is 12.7. The van der Waals surface area contributed by atoms with Crippen LogP contribution in [0.15, 0.2) is 23.1 Å². The van der Waals surface area contributed by atoms with Crippen molar-refractivity contribution in [2.24, 2.45) is 0 Å². The van der Waals surface area contributed by atoms with Crippen molar-refractivity contribution in [1.29, 1.82) is 0 Å². The second kappa shape index (κ2) is 6.07. The van der Waals surface area contributed by atoms with Crippen LogP contribution in [0.5, 0.6) is 0 Å². The third kappa shape index (κ3) is 4.05. The van der Waals surface area contributed by atoms with E-state index in [1.54, 1.807) is 0 Å². The molecule has 0 unspecified atom stereocenters. The van der Waals surface area contributed by atoms with Gasteiger partial charge in [0, 0.05) is 12.6 Å². The number of aryl methyl sites for hydroxylation is 1. The second-order valence-electron chi connectivity index (χ2n) is 6.89. The predicted octanol–water partition coefficient (Wildman–Crippen LogP) is 2.32. The minimum absolute atomic E-state index is 0.0126. The molecule has 0 radical (unpaired) electrons. The summed E-state index contributed by atoms with van der Waals surface area (Å²) >= 11 is 0. The Balaban J connectivity index is 2.30. The van der Waals surface area contributed by atoms with Crippen molar-refractivity contribution in [3.8, 4) is 0 Å². The maximum absolute atomic E-state index is 12.7. The van der Waals surface area contributed by atoms with E-state index in [0.717, 1.165) is 30.5 Å². The van der Waals surface area contributed by atoms with E-state index in [9.17, 15) is 8.42 Å². The summed E-state index contributed by atoms with van der Waals surface area (Å²) < 4.78 is 28.2. The molecule has 0 bridgehead atoms. The Labute approximate surface area is 128 Å². The first-order chi connectivity index (χ1) is 9.70. The molecule has 1 fully saturated rings. The molecule has 0 saturated carbocycles. The lowest BCUT2D eigenvalue weighted by Gasteiger charge is -2.25. The van der Waals surface area contributed by atoms with Gasteiger partial charge in [-0.25, -0.2) is 13.1 Å². The van der Waals surface area contributed by atoms with Crippen molar-refractivity contribution in [1.82, 2.24) is 10.0 Å². The molecule has 2 rings (SSSR count). The zero-order valence-electron chi connectivity index (χ0n) is 13.4. The normalized spacial score (nSPS) is 20.5. The summed E-state index contributed by atoms with van der Waals surface area (Å²) in [5, 5.41) is 3.23. The molecule has 1 atom stereocenters. The van der Waals surface area contributed by atoms with E-state index in [1.807, 2.05) is 25.1 Å². The standard InChI is InChI=1S/C16H26N2O2S/c1-12-7-8-13(16(2,3)4)10-15(12)21(19,20)18-14-6-5-9-17-11-14/h7-8,10,14,17-18H,5-6,9,11H2,1-4H3/t14-/m0/s1. The Bertz CT molecular complexity index is 597. The minimum atomic E-state index is -3.46. The van der Waals surface area contributed by atoms with Crippen molar-refractivity contribution in [3.63, 3.8) is 0 Å². The number of hydrogen-bond donors (Lipinski definition) is 2. The van der Waals surface area contributed by atoms with Gasteiger partial charge >= 0.3 is 0 Å². The van der Waals surface area contributed by atoms with Gasteiger partial charge in [-0.1, -0.05) is 32.9 Å². The van der Waals surface area contributed by atoms with Crippen molar-refractivity contribution in [2.75, 3.05) is 13.1 Å². The molecule has 0 amide bonds. The highest BCUT2D eigenvalue weighted by Crippen LogP contribution is 2.26. The quantitative estimate of drug-likeness (QED) is 0.901. The SMILES string of the molecule is Cc1ccc(C(C)(C)C)cc1S(=O)(=O)N[C@H]1CCCNC1. The van der Waals surface area contributed by atoms with Crippen LogP contribution < -0.4 is 10.0 Å². The highest BCUT2D eigenvalue weighted by atomic mass is 32.2. The molecule has 1 aromatic carbocycles. The Morgan fingerprint density at radius 1 is 1.29 bits per heavy atom. The van der Waals surface area contributed by atoms with E-state index >= 15 is 0 Å². The van der Waals surface area contributed by atoms with Gasteiger partial charge in [0.25, 0.3) is 0 Å². The molecular formula is C16H26N2O2S. The van der Waals surface area contributed by atoms with Crippen LogP contribution in [0.1, 0.15) is 44.7 Å². The molecule has 1 heterocycles. The summed E-state index contributed by atoms with van der Waals surface area (Å²) in [6, 6.07) is 5.71. The number of piperidine rings is 1. The fourth-order valence-electron chi connectivity index (χ4n) is 2.59. The van der Waals surface area contributed by atoms with Crippen LogP contribution in [0.25, 0.3) is 0 Å². The molecule has 1 saturated heterocycles. The van der Waals surface area contributed by atoms with Gasteiger partial charge in [-0.05, 0) is 48.9 Å². The number of nitrogens with one attached hydrogen (secondary N) is 2. The van der Waals surface area contributed by atoms with Crippen molar-refractivity contribution >= 4 is 10.0 Å². The van der Waals surface area contributed by atoms with Gasteiger partial charge in [0.15, 0.2) is 0 Å². The third-order valence-corrected chi connectivity index (χ3v) is 5.62. The van der Waals surface area contributed by atoms with E-state index in [4.69, 9.17) is 0 Å². The van der Waals surface area contributed by atoms with E-state index in [2.05, 4.69) is 30.8 Å². The molecule has 4 nitrogen and oxygen atoms in total. The van der Waals surface area contributed by atoms with E-state index in [1.165, 1.54) is 0 Å². The second-order valence-corrected chi connectivity index (χ2v) is 8.58. The van der Waals surface area contributed by atoms with Crippen LogP contribution >= 0.6 is 0 Å². The monoisotopic (exact) mass is 310 g/mol. The lowest BCUT2D eigenvalue weighted by atomic mass is 9.87. The van der Waals surface area contributed by atoms with Gasteiger partial charge in [0.2, 0.25) is 10.0 Å². The molecule has 5 heteroatoms. The Morgan fingerprint density at radius 3 is 2.57 bits per heavy atom. The highest BCUT2D eigenvalue weighted by molar-refractivity contribution is 7.89. The van der Waals surface area contributed by atoms with Gasteiger partial charge in [0.05, 0.1) is 4.90 Å². The summed E-state index contributed by atoms with van der Waals surface area (Å²) in [4.78, 5) is 0.403. The number of benzene rings is 1. The van der Waals surface area contributed by atoms with Crippen LogP contribution in [0, 0.1) is 6.92 Å². The first kappa shape index (κ1) is 16.5. The number of sulfonamides is 1. The average Bonchev–Trinajstić information content (AvgIpc) is 2.38. The molecule has 2 N–H and O–H groups in total. The highest BCUT2D eigenvalue weighted by Gasteiger charge is 2.25. The Morgan fingerprint density at radius 2 is 2.00 bits per heavy atom. The van der Waals surface area contributed by atoms with Gasteiger partial charge < -0.3 is 5.32 Å². The smallest absolute Gasteiger partial charge is 0.241 e. The first-order valence-corrected chi connectivity index (χ1v) is 9.03.